The van der Waals surface area contributed by atoms with Gasteiger partial charge in [-0.05, 0) is 51.7 Å². The number of carbonyl (C=O) groups is 1. The first-order valence-corrected chi connectivity index (χ1v) is 7.81. The van der Waals surface area contributed by atoms with Crippen molar-refractivity contribution in [3.8, 4) is 0 Å². The second-order valence-corrected chi connectivity index (χ2v) is 7.12. The molecule has 1 N–H and O–H groups in total. The standard InChI is InChI=1S/C17H26N2O3/c1-12-7-13(10-18-9-12)8-14-11-19(6-5-15(14)20)16(21)22-17(2,3)4/h7,9-10,14-15,20H,5-6,8,11H2,1-4H3. The Morgan fingerprint density at radius 3 is 2.82 bits per heavy atom. The minimum absolute atomic E-state index is 0.0184. The van der Waals surface area contributed by atoms with Crippen LogP contribution in [0.4, 0.5) is 4.79 Å². The van der Waals surface area contributed by atoms with Gasteiger partial charge in [0.1, 0.15) is 5.60 Å². The van der Waals surface area contributed by atoms with Gasteiger partial charge < -0.3 is 14.7 Å². The van der Waals surface area contributed by atoms with Crippen LogP contribution in [-0.2, 0) is 11.2 Å². The highest BCUT2D eigenvalue weighted by Crippen LogP contribution is 2.23. The van der Waals surface area contributed by atoms with Crippen LogP contribution < -0.4 is 0 Å². The number of piperidine rings is 1. The molecule has 0 radical (unpaired) electrons. The van der Waals surface area contributed by atoms with E-state index in [1.54, 1.807) is 4.90 Å². The molecule has 1 aromatic rings. The molecule has 2 unspecified atom stereocenters. The summed E-state index contributed by atoms with van der Waals surface area (Å²) in [6, 6.07) is 2.08. The minimum Gasteiger partial charge on any atom is -0.444 e. The van der Waals surface area contributed by atoms with Crippen molar-refractivity contribution in [2.24, 2.45) is 5.92 Å². The number of aliphatic hydroxyl groups is 1. The first kappa shape index (κ1) is 16.7. The van der Waals surface area contributed by atoms with Gasteiger partial charge in [-0.25, -0.2) is 4.79 Å². The summed E-state index contributed by atoms with van der Waals surface area (Å²) in [4.78, 5) is 18.1. The van der Waals surface area contributed by atoms with Gasteiger partial charge in [0.2, 0.25) is 0 Å². The van der Waals surface area contributed by atoms with Gasteiger partial charge in [0.25, 0.3) is 0 Å². The molecule has 22 heavy (non-hydrogen) atoms. The van der Waals surface area contributed by atoms with Gasteiger partial charge in [0.05, 0.1) is 6.10 Å². The van der Waals surface area contributed by atoms with Gasteiger partial charge in [-0.15, -0.1) is 0 Å². The van der Waals surface area contributed by atoms with Crippen LogP contribution in [0.5, 0.6) is 0 Å². The number of nitrogens with zero attached hydrogens (tertiary/aromatic N) is 2. The summed E-state index contributed by atoms with van der Waals surface area (Å²) >= 11 is 0. The number of aliphatic hydroxyl groups excluding tert-OH is 1. The van der Waals surface area contributed by atoms with Crippen molar-refractivity contribution in [2.45, 2.75) is 52.2 Å². The van der Waals surface area contributed by atoms with E-state index in [1.807, 2.05) is 40.1 Å². The van der Waals surface area contributed by atoms with Gasteiger partial charge >= 0.3 is 6.09 Å². The maximum Gasteiger partial charge on any atom is 0.410 e. The summed E-state index contributed by atoms with van der Waals surface area (Å²) in [5, 5.41) is 10.2. The fourth-order valence-corrected chi connectivity index (χ4v) is 2.74. The van der Waals surface area contributed by atoms with Crippen molar-refractivity contribution in [1.82, 2.24) is 9.88 Å². The molecular weight excluding hydrogens is 280 g/mol. The molecule has 2 atom stereocenters. The largest absolute Gasteiger partial charge is 0.444 e. The number of aromatic nitrogens is 1. The monoisotopic (exact) mass is 306 g/mol. The van der Waals surface area contributed by atoms with Gasteiger partial charge in [-0.2, -0.15) is 0 Å². The number of ether oxygens (including phenoxy) is 1. The molecule has 122 valence electrons. The number of likely N-dealkylation sites (tertiary alicyclic amines) is 1. The Morgan fingerprint density at radius 2 is 2.18 bits per heavy atom. The van der Waals surface area contributed by atoms with Crippen LogP contribution in [0.3, 0.4) is 0 Å². The molecule has 5 heteroatoms. The van der Waals surface area contributed by atoms with Crippen molar-refractivity contribution in [1.29, 1.82) is 0 Å². The van der Waals surface area contributed by atoms with Crippen LogP contribution in [0.2, 0.25) is 0 Å². The minimum atomic E-state index is -0.497. The van der Waals surface area contributed by atoms with E-state index in [4.69, 9.17) is 4.74 Å². The molecule has 0 saturated carbocycles. The molecule has 5 nitrogen and oxygen atoms in total. The lowest BCUT2D eigenvalue weighted by atomic mass is 9.89. The van der Waals surface area contributed by atoms with Gasteiger partial charge in [0, 0.05) is 31.4 Å². The highest BCUT2D eigenvalue weighted by molar-refractivity contribution is 5.68. The zero-order valence-electron chi connectivity index (χ0n) is 13.9. The van der Waals surface area contributed by atoms with Crippen LogP contribution in [0.1, 0.15) is 38.3 Å². The summed E-state index contributed by atoms with van der Waals surface area (Å²) in [5.41, 5.74) is 1.70. The van der Waals surface area contributed by atoms with Crippen LogP contribution in [0.25, 0.3) is 0 Å². The van der Waals surface area contributed by atoms with E-state index < -0.39 is 5.60 Å². The maximum atomic E-state index is 12.2. The summed E-state index contributed by atoms with van der Waals surface area (Å²) in [7, 11) is 0. The smallest absolute Gasteiger partial charge is 0.410 e. The number of hydrogen-bond donors (Lipinski definition) is 1. The van der Waals surface area contributed by atoms with Crippen molar-refractivity contribution in [2.75, 3.05) is 13.1 Å². The molecular formula is C17H26N2O3. The van der Waals surface area contributed by atoms with E-state index in [0.717, 1.165) is 17.5 Å². The van der Waals surface area contributed by atoms with E-state index >= 15 is 0 Å². The molecule has 1 aromatic heterocycles. The highest BCUT2D eigenvalue weighted by Gasteiger charge is 2.32. The number of amides is 1. The maximum absolute atomic E-state index is 12.2. The normalized spacial score (nSPS) is 22.5. The highest BCUT2D eigenvalue weighted by atomic mass is 16.6. The van der Waals surface area contributed by atoms with Crippen molar-refractivity contribution in [3.05, 3.63) is 29.6 Å². The number of hydrogen-bond acceptors (Lipinski definition) is 4. The predicted molar refractivity (Wildman–Crippen MR) is 84.6 cm³/mol. The quantitative estimate of drug-likeness (QED) is 0.912. The number of rotatable bonds is 2. The SMILES string of the molecule is Cc1cncc(CC2CN(C(=O)OC(C)(C)C)CCC2O)c1. The van der Waals surface area contributed by atoms with Crippen LogP contribution >= 0.6 is 0 Å². The first-order chi connectivity index (χ1) is 10.2. The first-order valence-electron chi connectivity index (χ1n) is 7.81. The summed E-state index contributed by atoms with van der Waals surface area (Å²) in [5.74, 6) is 0.0184. The summed E-state index contributed by atoms with van der Waals surface area (Å²) in [6.45, 7) is 8.64. The fraction of sp³-hybridized carbons (Fsp3) is 0.647. The Hall–Kier alpha value is -1.62. The second kappa shape index (κ2) is 6.65. The molecule has 1 fully saturated rings. The average Bonchev–Trinajstić information content (AvgIpc) is 2.39. The van der Waals surface area contributed by atoms with Crippen LogP contribution in [-0.4, -0.2) is 45.9 Å². The lowest BCUT2D eigenvalue weighted by Gasteiger charge is -2.37. The fourth-order valence-electron chi connectivity index (χ4n) is 2.74. The Morgan fingerprint density at radius 1 is 1.45 bits per heavy atom. The van der Waals surface area contributed by atoms with E-state index in [9.17, 15) is 9.90 Å². The lowest BCUT2D eigenvalue weighted by molar-refractivity contribution is -0.00825. The van der Waals surface area contributed by atoms with Gasteiger partial charge in [-0.3, -0.25) is 4.98 Å². The number of aryl methyl sites for hydroxylation is 1. The van der Waals surface area contributed by atoms with Crippen molar-refractivity contribution >= 4 is 6.09 Å². The molecule has 0 aliphatic carbocycles. The zero-order chi connectivity index (χ0) is 16.3. The summed E-state index contributed by atoms with van der Waals surface area (Å²) in [6.07, 6.45) is 4.25. The van der Waals surface area contributed by atoms with E-state index in [1.165, 1.54) is 0 Å². The number of carbonyl (C=O) groups excluding carboxylic acids is 1. The molecule has 2 rings (SSSR count). The molecule has 0 bridgehead atoms. The number of pyridine rings is 1. The Kier molecular flexibility index (Phi) is 5.06. The third kappa shape index (κ3) is 4.70. The van der Waals surface area contributed by atoms with Crippen LogP contribution in [0, 0.1) is 12.8 Å². The Bertz CT molecular complexity index is 525. The van der Waals surface area contributed by atoms with Gasteiger partial charge in [0.15, 0.2) is 0 Å². The molecule has 1 aliphatic heterocycles. The molecule has 1 amide bonds. The molecule has 1 saturated heterocycles. The third-order valence-electron chi connectivity index (χ3n) is 3.78. The topological polar surface area (TPSA) is 62.7 Å². The van der Waals surface area contributed by atoms with E-state index in [0.29, 0.717) is 19.5 Å². The van der Waals surface area contributed by atoms with E-state index in [-0.39, 0.29) is 18.1 Å². The molecule has 0 aromatic carbocycles. The van der Waals surface area contributed by atoms with Crippen LogP contribution in [0.15, 0.2) is 18.5 Å². The Labute approximate surface area is 132 Å². The molecule has 0 spiro atoms. The van der Waals surface area contributed by atoms with Crippen molar-refractivity contribution in [3.63, 3.8) is 0 Å². The third-order valence-corrected chi connectivity index (χ3v) is 3.78. The van der Waals surface area contributed by atoms with E-state index in [2.05, 4.69) is 11.1 Å². The average molecular weight is 306 g/mol. The van der Waals surface area contributed by atoms with Crippen molar-refractivity contribution < 1.29 is 14.6 Å². The predicted octanol–water partition coefficient (Wildman–Crippen LogP) is 2.55. The lowest BCUT2D eigenvalue weighted by Crippen LogP contribution is -2.48. The second-order valence-electron chi connectivity index (χ2n) is 7.12. The Balaban J connectivity index is 2.00. The molecule has 1 aliphatic rings. The zero-order valence-corrected chi connectivity index (χ0v) is 13.9. The molecule has 2 heterocycles. The van der Waals surface area contributed by atoms with Gasteiger partial charge in [-0.1, -0.05) is 6.07 Å². The summed E-state index contributed by atoms with van der Waals surface area (Å²) < 4.78 is 5.42.